The van der Waals surface area contributed by atoms with Gasteiger partial charge in [-0.3, -0.25) is 4.90 Å². The fourth-order valence-electron chi connectivity index (χ4n) is 2.20. The first-order valence-electron chi connectivity index (χ1n) is 6.66. The lowest BCUT2D eigenvalue weighted by atomic mass is 10.00. The number of nitrogens with zero attached hydrogens (tertiary/aromatic N) is 1. The number of amides is 1. The molecular formula is C15H21BrN2O2. The maximum absolute atomic E-state index is 12.4. The van der Waals surface area contributed by atoms with Crippen LogP contribution in [0, 0.1) is 0 Å². The number of hydrogen-bond acceptors (Lipinski definition) is 3. The van der Waals surface area contributed by atoms with Gasteiger partial charge in [-0.25, -0.2) is 4.79 Å². The molecule has 0 spiro atoms. The molecule has 5 heteroatoms. The van der Waals surface area contributed by atoms with Crippen molar-refractivity contribution in [3.63, 3.8) is 0 Å². The predicted octanol–water partition coefficient (Wildman–Crippen LogP) is 4.39. The molecule has 0 aromatic heterocycles. The largest absolute Gasteiger partial charge is 0.443 e. The summed E-state index contributed by atoms with van der Waals surface area (Å²) >= 11 is 3.45. The first kappa shape index (κ1) is 15.2. The molecule has 0 radical (unpaired) electrons. The summed E-state index contributed by atoms with van der Waals surface area (Å²) in [5, 5.41) is 3.44. The van der Waals surface area contributed by atoms with Crippen LogP contribution in [0.1, 0.15) is 34.6 Å². The van der Waals surface area contributed by atoms with E-state index in [0.29, 0.717) is 6.54 Å². The monoisotopic (exact) mass is 340 g/mol. The predicted molar refractivity (Wildman–Crippen MR) is 85.4 cm³/mol. The van der Waals surface area contributed by atoms with Crippen LogP contribution in [0.15, 0.2) is 22.7 Å². The van der Waals surface area contributed by atoms with Gasteiger partial charge in [0.05, 0.1) is 17.9 Å². The van der Waals surface area contributed by atoms with Gasteiger partial charge in [0.15, 0.2) is 0 Å². The van der Waals surface area contributed by atoms with Gasteiger partial charge in [-0.2, -0.15) is 0 Å². The zero-order valence-corrected chi connectivity index (χ0v) is 14.2. The van der Waals surface area contributed by atoms with E-state index in [9.17, 15) is 4.79 Å². The molecule has 1 aromatic rings. The smallest absolute Gasteiger partial charge is 0.414 e. The minimum absolute atomic E-state index is 0.197. The summed E-state index contributed by atoms with van der Waals surface area (Å²) in [5.41, 5.74) is 1.08. The van der Waals surface area contributed by atoms with Crippen LogP contribution < -0.4 is 10.2 Å². The summed E-state index contributed by atoms with van der Waals surface area (Å²) in [5.74, 6) is 0. The number of anilines is 2. The van der Waals surface area contributed by atoms with E-state index < -0.39 is 5.60 Å². The molecular weight excluding hydrogens is 320 g/mol. The summed E-state index contributed by atoms with van der Waals surface area (Å²) in [6.07, 6.45) is -0.313. The molecule has 1 amide bonds. The maximum atomic E-state index is 12.4. The number of hydrogen-bond donors (Lipinski definition) is 1. The van der Waals surface area contributed by atoms with E-state index in [1.807, 2.05) is 39.0 Å². The van der Waals surface area contributed by atoms with Crippen molar-refractivity contribution in [3.05, 3.63) is 22.7 Å². The second-order valence-corrected chi connectivity index (χ2v) is 7.65. The molecule has 2 rings (SSSR count). The van der Waals surface area contributed by atoms with Crippen LogP contribution >= 0.6 is 15.9 Å². The van der Waals surface area contributed by atoms with Gasteiger partial charge in [0.25, 0.3) is 0 Å². The summed E-state index contributed by atoms with van der Waals surface area (Å²) in [6.45, 7) is 10.3. The Kier molecular flexibility index (Phi) is 3.75. The van der Waals surface area contributed by atoms with E-state index in [1.165, 1.54) is 0 Å². The fourth-order valence-corrected chi connectivity index (χ4v) is 2.55. The zero-order chi connectivity index (χ0) is 15.1. The summed E-state index contributed by atoms with van der Waals surface area (Å²) in [4.78, 5) is 14.1. The molecule has 0 saturated carbocycles. The lowest BCUT2D eigenvalue weighted by molar-refractivity contribution is 0.0573. The Bertz CT molecular complexity index is 535. The van der Waals surface area contributed by atoms with Crippen molar-refractivity contribution in [2.24, 2.45) is 0 Å². The highest BCUT2D eigenvalue weighted by molar-refractivity contribution is 9.10. The molecule has 1 heterocycles. The van der Waals surface area contributed by atoms with E-state index in [2.05, 4.69) is 35.1 Å². The van der Waals surface area contributed by atoms with E-state index in [1.54, 1.807) is 4.90 Å². The van der Waals surface area contributed by atoms with E-state index in [0.717, 1.165) is 15.8 Å². The second-order valence-electron chi connectivity index (χ2n) is 6.74. The number of halogens is 1. The van der Waals surface area contributed by atoms with Crippen molar-refractivity contribution >= 4 is 33.4 Å². The Morgan fingerprint density at radius 3 is 2.65 bits per heavy atom. The molecule has 0 bridgehead atoms. The van der Waals surface area contributed by atoms with Crippen molar-refractivity contribution in [1.29, 1.82) is 0 Å². The Morgan fingerprint density at radius 2 is 2.05 bits per heavy atom. The van der Waals surface area contributed by atoms with Crippen molar-refractivity contribution in [3.8, 4) is 0 Å². The third-order valence-corrected chi connectivity index (χ3v) is 3.38. The lowest BCUT2D eigenvalue weighted by Gasteiger charge is -2.41. The number of ether oxygens (including phenoxy) is 1. The van der Waals surface area contributed by atoms with Crippen molar-refractivity contribution in [2.75, 3.05) is 16.8 Å². The quantitative estimate of drug-likeness (QED) is 0.761. The molecule has 1 aliphatic heterocycles. The normalized spacial score (nSPS) is 17.2. The molecule has 1 aliphatic rings. The summed E-state index contributed by atoms with van der Waals surface area (Å²) in [7, 11) is 0. The highest BCUT2D eigenvalue weighted by atomic mass is 79.9. The third-order valence-electron chi connectivity index (χ3n) is 2.89. The van der Waals surface area contributed by atoms with Gasteiger partial charge in [-0.15, -0.1) is 0 Å². The van der Waals surface area contributed by atoms with Crippen molar-refractivity contribution < 1.29 is 9.53 Å². The maximum Gasteiger partial charge on any atom is 0.414 e. The van der Waals surface area contributed by atoms with E-state index >= 15 is 0 Å². The number of benzene rings is 1. The molecule has 0 saturated heterocycles. The number of fused-ring (bicyclic) bond motifs is 1. The zero-order valence-electron chi connectivity index (χ0n) is 12.6. The Labute approximate surface area is 128 Å². The molecule has 110 valence electrons. The molecule has 20 heavy (non-hydrogen) atoms. The van der Waals surface area contributed by atoms with Crippen molar-refractivity contribution in [1.82, 2.24) is 0 Å². The van der Waals surface area contributed by atoms with Crippen LogP contribution in [0.3, 0.4) is 0 Å². The van der Waals surface area contributed by atoms with Gasteiger partial charge in [0.1, 0.15) is 5.60 Å². The van der Waals surface area contributed by atoms with Gasteiger partial charge in [-0.1, -0.05) is 15.9 Å². The first-order chi connectivity index (χ1) is 9.07. The van der Waals surface area contributed by atoms with Gasteiger partial charge in [0.2, 0.25) is 0 Å². The molecule has 4 nitrogen and oxygen atoms in total. The standard InChI is InChI=1S/C15H21BrN2O2/c1-14(2,3)20-13(19)18-9-15(4,5)17-11-7-6-10(16)8-12(11)18/h6-8,17H,9H2,1-5H3. The second kappa shape index (κ2) is 4.95. The molecule has 1 aromatic carbocycles. The first-order valence-corrected chi connectivity index (χ1v) is 7.45. The SMILES string of the molecule is CC1(C)CN(C(=O)OC(C)(C)C)c2cc(Br)ccc2N1. The summed E-state index contributed by atoms with van der Waals surface area (Å²) in [6, 6.07) is 5.86. The topological polar surface area (TPSA) is 41.6 Å². The van der Waals surface area contributed by atoms with Crippen LogP contribution in [0.5, 0.6) is 0 Å². The van der Waals surface area contributed by atoms with Gasteiger partial charge in [-0.05, 0) is 52.8 Å². The van der Waals surface area contributed by atoms with Crippen LogP contribution in [-0.2, 0) is 4.74 Å². The number of carbonyl (C=O) groups excluding carboxylic acids is 1. The Morgan fingerprint density at radius 1 is 1.40 bits per heavy atom. The van der Waals surface area contributed by atoms with Gasteiger partial charge < -0.3 is 10.1 Å². The average Bonchev–Trinajstić information content (AvgIpc) is 2.25. The van der Waals surface area contributed by atoms with E-state index in [-0.39, 0.29) is 11.6 Å². The highest BCUT2D eigenvalue weighted by Gasteiger charge is 2.35. The molecule has 0 aliphatic carbocycles. The molecule has 0 fully saturated rings. The molecule has 0 atom stereocenters. The summed E-state index contributed by atoms with van der Waals surface area (Å²) < 4.78 is 6.45. The minimum Gasteiger partial charge on any atom is -0.443 e. The Balaban J connectivity index is 2.38. The fraction of sp³-hybridized carbons (Fsp3) is 0.533. The van der Waals surface area contributed by atoms with Crippen molar-refractivity contribution in [2.45, 2.75) is 45.8 Å². The van der Waals surface area contributed by atoms with Gasteiger partial charge in [0, 0.05) is 10.0 Å². The number of rotatable bonds is 0. The average molecular weight is 341 g/mol. The third kappa shape index (κ3) is 3.45. The van der Waals surface area contributed by atoms with E-state index in [4.69, 9.17) is 4.74 Å². The van der Waals surface area contributed by atoms with Crippen LogP contribution in [-0.4, -0.2) is 23.8 Å². The van der Waals surface area contributed by atoms with Crippen LogP contribution in [0.4, 0.5) is 16.2 Å². The van der Waals surface area contributed by atoms with Crippen LogP contribution in [0.2, 0.25) is 0 Å². The van der Waals surface area contributed by atoms with Gasteiger partial charge >= 0.3 is 6.09 Å². The lowest BCUT2D eigenvalue weighted by Crippen LogP contribution is -2.51. The Hall–Kier alpha value is -1.23. The molecule has 0 unspecified atom stereocenters. The number of nitrogens with one attached hydrogen (secondary N) is 1. The highest BCUT2D eigenvalue weighted by Crippen LogP contribution is 2.37. The minimum atomic E-state index is -0.502. The molecule has 1 N–H and O–H groups in total. The number of carbonyl (C=O) groups is 1. The van der Waals surface area contributed by atoms with Crippen LogP contribution in [0.25, 0.3) is 0 Å².